The minimum Gasteiger partial charge on any atom is -0.497 e. The molecule has 0 unspecified atom stereocenters. The molecule has 1 heterocycles. The quantitative estimate of drug-likeness (QED) is 0.317. The molecule has 0 radical (unpaired) electrons. The van der Waals surface area contributed by atoms with Crippen molar-refractivity contribution in [1.82, 2.24) is 10.2 Å². The maximum Gasteiger partial charge on any atom is 0.383 e. The van der Waals surface area contributed by atoms with Crippen LogP contribution in [0.2, 0.25) is 0 Å². The van der Waals surface area contributed by atoms with Gasteiger partial charge in [0.25, 0.3) is 0 Å². The second-order valence-corrected chi connectivity index (χ2v) is 5.26. The third kappa shape index (κ3) is 3.86. The fourth-order valence-corrected chi connectivity index (χ4v) is 2.17. The Morgan fingerprint density at radius 1 is 1.19 bits per heavy atom. The van der Waals surface area contributed by atoms with Crippen molar-refractivity contribution in [2.24, 2.45) is 10.9 Å². The molecule has 0 amide bonds. The van der Waals surface area contributed by atoms with E-state index >= 15 is 0 Å². The summed E-state index contributed by atoms with van der Waals surface area (Å²) < 4.78 is 18.1. The first kappa shape index (κ1) is 17.2. The molecule has 0 atom stereocenters. The lowest BCUT2D eigenvalue weighted by atomic mass is 10.1. The van der Waals surface area contributed by atoms with Gasteiger partial charge in [-0.05, 0) is 42.5 Å². The summed E-state index contributed by atoms with van der Waals surface area (Å²) in [6, 6.07) is 14.1. The molecule has 26 heavy (non-hydrogen) atoms. The van der Waals surface area contributed by atoms with Crippen LogP contribution in [0.15, 0.2) is 59.8 Å². The Bertz CT molecular complexity index is 951. The molecule has 0 saturated heterocycles. The highest BCUT2D eigenvalue weighted by Gasteiger charge is 2.13. The number of aromatic amines is 1. The summed E-state index contributed by atoms with van der Waals surface area (Å²) in [5.74, 6) is -0.532. The van der Waals surface area contributed by atoms with E-state index in [0.717, 1.165) is 5.56 Å². The number of nitrogens with one attached hydrogen (secondary N) is 1. The van der Waals surface area contributed by atoms with Gasteiger partial charge in [0.1, 0.15) is 17.3 Å². The molecule has 0 saturated carbocycles. The predicted octanol–water partition coefficient (Wildman–Crippen LogP) is 2.70. The zero-order chi connectivity index (χ0) is 18.5. The van der Waals surface area contributed by atoms with Crippen LogP contribution in [-0.4, -0.2) is 29.1 Å². The summed E-state index contributed by atoms with van der Waals surface area (Å²) in [6.07, 6.45) is 0. The molecular formula is C18H15FN4O3. The summed E-state index contributed by atoms with van der Waals surface area (Å²) in [6.45, 7) is 0. The Morgan fingerprint density at radius 3 is 2.69 bits per heavy atom. The van der Waals surface area contributed by atoms with Crippen molar-refractivity contribution >= 4 is 11.8 Å². The van der Waals surface area contributed by atoms with Crippen LogP contribution in [0.1, 0.15) is 16.1 Å². The van der Waals surface area contributed by atoms with Crippen LogP contribution < -0.4 is 10.5 Å². The fourth-order valence-electron chi connectivity index (χ4n) is 2.17. The number of ether oxygens (including phenoxy) is 1. The first-order valence-electron chi connectivity index (χ1n) is 7.57. The Morgan fingerprint density at radius 2 is 1.96 bits per heavy atom. The minimum absolute atomic E-state index is 0.0501. The number of nitrogens with two attached hydrogens (primary N) is 1. The molecule has 0 fully saturated rings. The predicted molar refractivity (Wildman–Crippen MR) is 93.1 cm³/mol. The van der Waals surface area contributed by atoms with E-state index in [0.29, 0.717) is 17.0 Å². The lowest BCUT2D eigenvalue weighted by Gasteiger charge is -2.01. The number of carbonyl (C=O) groups excluding carboxylic acids is 1. The molecule has 132 valence electrons. The zero-order valence-corrected chi connectivity index (χ0v) is 13.8. The van der Waals surface area contributed by atoms with Gasteiger partial charge >= 0.3 is 5.97 Å². The highest BCUT2D eigenvalue weighted by molar-refractivity contribution is 5.98. The number of rotatable bonds is 5. The van der Waals surface area contributed by atoms with Gasteiger partial charge in [0.15, 0.2) is 5.84 Å². The van der Waals surface area contributed by atoms with E-state index in [2.05, 4.69) is 15.4 Å². The normalized spacial score (nSPS) is 11.2. The van der Waals surface area contributed by atoms with Crippen LogP contribution in [-0.2, 0) is 4.84 Å². The lowest BCUT2D eigenvalue weighted by molar-refractivity contribution is 0.0509. The van der Waals surface area contributed by atoms with Crippen molar-refractivity contribution in [2.75, 3.05) is 7.11 Å². The number of methoxy groups -OCH3 is 1. The van der Waals surface area contributed by atoms with E-state index in [9.17, 15) is 9.18 Å². The summed E-state index contributed by atoms with van der Waals surface area (Å²) in [4.78, 5) is 16.9. The molecule has 0 aliphatic heterocycles. The lowest BCUT2D eigenvalue weighted by Crippen LogP contribution is -2.15. The minimum atomic E-state index is -0.753. The number of H-pyrrole nitrogens is 1. The number of nitrogens with zero attached hydrogens (tertiary/aromatic N) is 2. The zero-order valence-electron chi connectivity index (χ0n) is 13.8. The van der Waals surface area contributed by atoms with E-state index < -0.39 is 11.8 Å². The second-order valence-electron chi connectivity index (χ2n) is 5.26. The van der Waals surface area contributed by atoms with Gasteiger partial charge < -0.3 is 15.3 Å². The summed E-state index contributed by atoms with van der Waals surface area (Å²) in [5, 5.41) is 10.2. The van der Waals surface area contributed by atoms with Crippen molar-refractivity contribution in [3.63, 3.8) is 0 Å². The van der Waals surface area contributed by atoms with Crippen LogP contribution >= 0.6 is 0 Å². The molecule has 3 aromatic rings. The van der Waals surface area contributed by atoms with Gasteiger partial charge in [-0.2, -0.15) is 5.10 Å². The number of halogens is 1. The number of aromatic nitrogens is 2. The van der Waals surface area contributed by atoms with Gasteiger partial charge in [-0.3, -0.25) is 5.10 Å². The van der Waals surface area contributed by atoms with Gasteiger partial charge in [0.05, 0.1) is 12.8 Å². The van der Waals surface area contributed by atoms with Crippen LogP contribution in [0.25, 0.3) is 11.3 Å². The maximum atomic E-state index is 12.9. The molecule has 0 aliphatic carbocycles. The van der Waals surface area contributed by atoms with E-state index in [1.165, 1.54) is 30.3 Å². The van der Waals surface area contributed by atoms with Gasteiger partial charge in [-0.15, -0.1) is 0 Å². The Labute approximate surface area is 148 Å². The van der Waals surface area contributed by atoms with Crippen LogP contribution in [0, 0.1) is 5.82 Å². The van der Waals surface area contributed by atoms with Gasteiger partial charge in [0.2, 0.25) is 0 Å². The van der Waals surface area contributed by atoms with Crippen LogP contribution in [0.5, 0.6) is 5.75 Å². The number of benzene rings is 2. The molecule has 0 aliphatic rings. The highest BCUT2D eigenvalue weighted by atomic mass is 19.1. The molecule has 2 aromatic carbocycles. The van der Waals surface area contributed by atoms with Crippen LogP contribution in [0.3, 0.4) is 0 Å². The Kier molecular flexibility index (Phi) is 4.93. The van der Waals surface area contributed by atoms with E-state index in [1.807, 2.05) is 12.1 Å². The third-order valence-corrected chi connectivity index (χ3v) is 3.53. The smallest absolute Gasteiger partial charge is 0.383 e. The Balaban J connectivity index is 1.71. The first-order chi connectivity index (χ1) is 12.6. The first-order valence-corrected chi connectivity index (χ1v) is 7.57. The van der Waals surface area contributed by atoms with Gasteiger partial charge in [-0.25, -0.2) is 9.18 Å². The van der Waals surface area contributed by atoms with Crippen molar-refractivity contribution in [1.29, 1.82) is 0 Å². The topological polar surface area (TPSA) is 103 Å². The van der Waals surface area contributed by atoms with Crippen molar-refractivity contribution in [3.8, 4) is 17.0 Å². The molecule has 0 spiro atoms. The van der Waals surface area contributed by atoms with Crippen molar-refractivity contribution in [2.45, 2.75) is 0 Å². The number of oxime groups is 1. The van der Waals surface area contributed by atoms with Crippen LogP contribution in [0.4, 0.5) is 4.39 Å². The fraction of sp³-hybridized carbons (Fsp3) is 0.0556. The summed E-state index contributed by atoms with van der Waals surface area (Å²) >= 11 is 0. The molecule has 7 nitrogen and oxygen atoms in total. The average Bonchev–Trinajstić information content (AvgIpc) is 3.17. The number of hydrogen-bond acceptors (Lipinski definition) is 5. The summed E-state index contributed by atoms with van der Waals surface area (Å²) in [7, 11) is 1.57. The molecular weight excluding hydrogens is 339 g/mol. The number of carbonyl (C=O) groups is 1. The molecule has 8 heteroatoms. The Hall–Kier alpha value is -3.68. The molecule has 3 rings (SSSR count). The largest absolute Gasteiger partial charge is 0.497 e. The monoisotopic (exact) mass is 354 g/mol. The maximum absolute atomic E-state index is 12.9. The summed E-state index contributed by atoms with van der Waals surface area (Å²) in [5.41, 5.74) is 7.57. The van der Waals surface area contributed by atoms with E-state index in [4.69, 9.17) is 15.3 Å². The van der Waals surface area contributed by atoms with E-state index in [-0.39, 0.29) is 11.5 Å². The standard InChI is InChI=1S/C18H15FN4O3/c1-25-14-4-2-3-12(9-14)15-10-16(22-21-15)18(24)26-23-17(20)11-5-7-13(19)8-6-11/h2-10H,1H3,(H2,20,23)(H,21,22). The van der Waals surface area contributed by atoms with E-state index in [1.54, 1.807) is 19.2 Å². The average molecular weight is 354 g/mol. The van der Waals surface area contributed by atoms with Gasteiger partial charge in [-0.1, -0.05) is 17.3 Å². The molecule has 0 bridgehead atoms. The highest BCUT2D eigenvalue weighted by Crippen LogP contribution is 2.22. The van der Waals surface area contributed by atoms with Crippen molar-refractivity contribution < 1.29 is 18.8 Å². The second kappa shape index (κ2) is 7.47. The van der Waals surface area contributed by atoms with Crippen molar-refractivity contribution in [3.05, 3.63) is 71.7 Å². The molecule has 1 aromatic heterocycles. The SMILES string of the molecule is COc1cccc(-c2cc(C(=O)O/N=C(\N)c3ccc(F)cc3)[nH]n2)c1. The third-order valence-electron chi connectivity index (χ3n) is 3.53. The number of amidine groups is 1. The number of hydrogen-bond donors (Lipinski definition) is 2. The van der Waals surface area contributed by atoms with Gasteiger partial charge in [0, 0.05) is 11.1 Å². The molecule has 3 N–H and O–H groups in total.